The van der Waals surface area contributed by atoms with Crippen molar-refractivity contribution in [2.45, 2.75) is 116 Å². The van der Waals surface area contributed by atoms with Crippen LogP contribution in [0.5, 0.6) is 0 Å². The van der Waals surface area contributed by atoms with E-state index in [0.29, 0.717) is 37.0 Å². The number of carbonyl (C=O) groups excluding carboxylic acids is 1. The second kappa shape index (κ2) is 12.9. The van der Waals surface area contributed by atoms with Gasteiger partial charge in [-0.2, -0.15) is 0 Å². The maximum absolute atomic E-state index is 14.6. The van der Waals surface area contributed by atoms with Gasteiger partial charge in [0.2, 0.25) is 0 Å². The van der Waals surface area contributed by atoms with Crippen molar-refractivity contribution >= 4 is 5.97 Å². The van der Waals surface area contributed by atoms with Crippen LogP contribution in [0.15, 0.2) is 0 Å². The molecule has 2 fully saturated rings. The molecule has 0 radical (unpaired) electrons. The van der Waals surface area contributed by atoms with E-state index >= 15 is 0 Å². The first-order valence-corrected chi connectivity index (χ1v) is 12.1. The second-order valence-electron chi connectivity index (χ2n) is 9.33. The van der Waals surface area contributed by atoms with Crippen LogP contribution in [0.25, 0.3) is 0 Å². The molecule has 0 aromatic rings. The molecule has 0 bridgehead atoms. The van der Waals surface area contributed by atoms with E-state index < -0.39 is 18.0 Å². The van der Waals surface area contributed by atoms with Crippen LogP contribution in [0.1, 0.15) is 97.8 Å². The van der Waals surface area contributed by atoms with E-state index in [-0.39, 0.29) is 19.1 Å². The SMILES string of the molecule is CCCCC(F)(F)C(CC[C@H]1CC[C@H](C)[C@@H]1CCCCC1OCCCO1)OC(C)=O. The van der Waals surface area contributed by atoms with Crippen molar-refractivity contribution in [1.29, 1.82) is 0 Å². The fourth-order valence-electron chi connectivity index (χ4n) is 5.14. The largest absolute Gasteiger partial charge is 0.456 e. The Hall–Kier alpha value is -0.750. The molecule has 0 amide bonds. The van der Waals surface area contributed by atoms with Crippen molar-refractivity contribution in [3.05, 3.63) is 0 Å². The maximum atomic E-state index is 14.6. The Labute approximate surface area is 181 Å². The molecular weight excluding hydrogens is 390 g/mol. The molecular formula is C24H42F2O4. The number of unbranched alkanes of at least 4 members (excludes halogenated alkanes) is 2. The Morgan fingerprint density at radius 1 is 1.10 bits per heavy atom. The predicted octanol–water partition coefficient (Wildman–Crippen LogP) is 6.51. The standard InChI is InChI=1S/C24H42F2O4/c1-4-5-15-24(25,26)22(30-19(3)27)14-13-20-12-11-18(2)21(20)9-6-7-10-23-28-16-8-17-29-23/h18,20-23H,4-17H2,1-3H3/t18-,20+,21-,22?/m0/s1. The van der Waals surface area contributed by atoms with Gasteiger partial charge >= 0.3 is 5.97 Å². The zero-order valence-corrected chi connectivity index (χ0v) is 19.2. The molecule has 4 atom stereocenters. The molecule has 0 spiro atoms. The minimum Gasteiger partial charge on any atom is -0.456 e. The van der Waals surface area contributed by atoms with Gasteiger partial charge in [-0.25, -0.2) is 8.78 Å². The molecule has 1 saturated heterocycles. The monoisotopic (exact) mass is 432 g/mol. The lowest BCUT2D eigenvalue weighted by Gasteiger charge is -2.29. The zero-order chi connectivity index (χ0) is 22.0. The molecule has 1 saturated carbocycles. The summed E-state index contributed by atoms with van der Waals surface area (Å²) in [5.41, 5.74) is 0. The van der Waals surface area contributed by atoms with Gasteiger partial charge in [-0.3, -0.25) is 4.79 Å². The molecule has 4 nitrogen and oxygen atoms in total. The van der Waals surface area contributed by atoms with E-state index in [9.17, 15) is 13.6 Å². The first kappa shape index (κ1) is 25.5. The highest BCUT2D eigenvalue weighted by atomic mass is 19.3. The lowest BCUT2D eigenvalue weighted by atomic mass is 9.82. The van der Waals surface area contributed by atoms with E-state index in [1.165, 1.54) is 6.92 Å². The van der Waals surface area contributed by atoms with Gasteiger partial charge in [0.05, 0.1) is 13.2 Å². The predicted molar refractivity (Wildman–Crippen MR) is 113 cm³/mol. The van der Waals surface area contributed by atoms with Crippen LogP contribution >= 0.6 is 0 Å². The molecule has 176 valence electrons. The summed E-state index contributed by atoms with van der Waals surface area (Å²) in [7, 11) is 0. The summed E-state index contributed by atoms with van der Waals surface area (Å²) < 4.78 is 45.5. The van der Waals surface area contributed by atoms with Crippen LogP contribution in [0.3, 0.4) is 0 Å². The number of rotatable bonds is 13. The maximum Gasteiger partial charge on any atom is 0.303 e. The zero-order valence-electron chi connectivity index (χ0n) is 19.2. The number of hydrogen-bond acceptors (Lipinski definition) is 4. The Balaban J connectivity index is 1.80. The summed E-state index contributed by atoms with van der Waals surface area (Å²) in [5, 5.41) is 0. The molecule has 0 N–H and O–H groups in total. The lowest BCUT2D eigenvalue weighted by molar-refractivity contribution is -0.181. The molecule has 6 heteroatoms. The number of ether oxygens (including phenoxy) is 3. The Bertz CT molecular complexity index is 494. The molecule has 0 aromatic heterocycles. The van der Waals surface area contributed by atoms with Gasteiger partial charge in [0, 0.05) is 13.3 Å². The molecule has 0 aromatic carbocycles. The third kappa shape index (κ3) is 8.41. The molecule has 1 aliphatic carbocycles. The highest BCUT2D eigenvalue weighted by Crippen LogP contribution is 2.43. The summed E-state index contributed by atoms with van der Waals surface area (Å²) in [6.07, 6.45) is 8.06. The third-order valence-electron chi connectivity index (χ3n) is 6.90. The number of halogens is 2. The Morgan fingerprint density at radius 3 is 2.47 bits per heavy atom. The average Bonchev–Trinajstić information content (AvgIpc) is 3.07. The molecule has 2 rings (SSSR count). The fourth-order valence-corrected chi connectivity index (χ4v) is 5.14. The Morgan fingerprint density at radius 2 is 1.80 bits per heavy atom. The van der Waals surface area contributed by atoms with E-state index in [2.05, 4.69) is 6.92 Å². The molecule has 2 aliphatic rings. The first-order valence-electron chi connectivity index (χ1n) is 12.1. The van der Waals surface area contributed by atoms with Crippen molar-refractivity contribution in [3.8, 4) is 0 Å². The second-order valence-corrected chi connectivity index (χ2v) is 9.33. The fraction of sp³-hybridized carbons (Fsp3) is 0.958. The summed E-state index contributed by atoms with van der Waals surface area (Å²) >= 11 is 0. The minimum atomic E-state index is -2.94. The van der Waals surface area contributed by atoms with Crippen molar-refractivity contribution in [2.75, 3.05) is 13.2 Å². The number of esters is 1. The van der Waals surface area contributed by atoms with E-state index in [1.54, 1.807) is 0 Å². The quantitative estimate of drug-likeness (QED) is 0.246. The first-order chi connectivity index (χ1) is 14.3. The molecule has 1 aliphatic heterocycles. The number of alkyl halides is 2. The van der Waals surface area contributed by atoms with Crippen LogP contribution in [0.4, 0.5) is 8.78 Å². The summed E-state index contributed by atoms with van der Waals surface area (Å²) in [6, 6.07) is 0. The molecule has 1 heterocycles. The summed E-state index contributed by atoms with van der Waals surface area (Å²) in [4.78, 5) is 11.4. The van der Waals surface area contributed by atoms with Crippen molar-refractivity contribution in [1.82, 2.24) is 0 Å². The van der Waals surface area contributed by atoms with Gasteiger partial charge in [-0.15, -0.1) is 0 Å². The third-order valence-corrected chi connectivity index (χ3v) is 6.90. The van der Waals surface area contributed by atoms with Gasteiger partial charge < -0.3 is 14.2 Å². The number of carbonyl (C=O) groups is 1. The molecule has 30 heavy (non-hydrogen) atoms. The van der Waals surface area contributed by atoms with Gasteiger partial charge in [-0.1, -0.05) is 33.1 Å². The van der Waals surface area contributed by atoms with Gasteiger partial charge in [0.25, 0.3) is 5.92 Å². The van der Waals surface area contributed by atoms with Crippen LogP contribution in [-0.2, 0) is 19.0 Å². The van der Waals surface area contributed by atoms with Gasteiger partial charge in [0.1, 0.15) is 0 Å². The van der Waals surface area contributed by atoms with Crippen LogP contribution < -0.4 is 0 Å². The topological polar surface area (TPSA) is 44.8 Å². The lowest BCUT2D eigenvalue weighted by Crippen LogP contribution is -2.37. The van der Waals surface area contributed by atoms with E-state index in [4.69, 9.17) is 14.2 Å². The summed E-state index contributed by atoms with van der Waals surface area (Å²) in [5.74, 6) is -1.91. The molecule has 1 unspecified atom stereocenters. The van der Waals surface area contributed by atoms with Crippen molar-refractivity contribution in [3.63, 3.8) is 0 Å². The minimum absolute atomic E-state index is 0.0506. The highest BCUT2D eigenvalue weighted by Gasteiger charge is 2.42. The highest BCUT2D eigenvalue weighted by molar-refractivity contribution is 5.66. The van der Waals surface area contributed by atoms with E-state index in [0.717, 1.165) is 58.2 Å². The average molecular weight is 433 g/mol. The summed E-state index contributed by atoms with van der Waals surface area (Å²) in [6.45, 7) is 6.99. The van der Waals surface area contributed by atoms with Crippen LogP contribution in [0.2, 0.25) is 0 Å². The van der Waals surface area contributed by atoms with Gasteiger partial charge in [-0.05, 0) is 69.1 Å². The van der Waals surface area contributed by atoms with Crippen LogP contribution in [0, 0.1) is 17.8 Å². The van der Waals surface area contributed by atoms with Crippen molar-refractivity contribution < 1.29 is 27.8 Å². The normalized spacial score (nSPS) is 26.6. The Kier molecular flexibility index (Phi) is 11.0. The van der Waals surface area contributed by atoms with Crippen molar-refractivity contribution in [2.24, 2.45) is 17.8 Å². The van der Waals surface area contributed by atoms with Crippen LogP contribution in [-0.4, -0.2) is 37.5 Å². The van der Waals surface area contributed by atoms with Gasteiger partial charge in [0.15, 0.2) is 12.4 Å². The smallest absolute Gasteiger partial charge is 0.303 e. The van der Waals surface area contributed by atoms with E-state index in [1.807, 2.05) is 6.92 Å². The number of hydrogen-bond donors (Lipinski definition) is 0.